The van der Waals surface area contributed by atoms with Crippen LogP contribution in [-0.2, 0) is 19.8 Å². The van der Waals surface area contributed by atoms with Gasteiger partial charge in [-0.1, -0.05) is 17.7 Å². The maximum atomic E-state index is 15.0. The van der Waals surface area contributed by atoms with Crippen LogP contribution in [-0.4, -0.2) is 67.7 Å². The highest BCUT2D eigenvalue weighted by molar-refractivity contribution is 14.1. The molecule has 236 valence electrons. The number of alkyl halides is 2. The molecule has 3 atom stereocenters. The molecule has 0 unspecified atom stereocenters. The third kappa shape index (κ3) is 4.83. The summed E-state index contributed by atoms with van der Waals surface area (Å²) in [5.74, 6) is -2.25. The summed E-state index contributed by atoms with van der Waals surface area (Å²) in [5, 5.41) is 9.92. The molecule has 0 radical (unpaired) electrons. The van der Waals surface area contributed by atoms with E-state index in [9.17, 15) is 23.2 Å². The summed E-state index contributed by atoms with van der Waals surface area (Å²) in [7, 11) is 3.46. The first-order valence-electron chi connectivity index (χ1n) is 14.9. The molecule has 44 heavy (non-hydrogen) atoms. The maximum Gasteiger partial charge on any atom is 0.238 e. The number of rotatable bonds is 6. The number of amides is 3. The molecule has 2 saturated carbocycles. The highest BCUT2D eigenvalue weighted by atomic mass is 127. The third-order valence-corrected chi connectivity index (χ3v) is 11.2. The van der Waals surface area contributed by atoms with E-state index in [0.717, 1.165) is 0 Å². The molecular formula is C32H35ClF3IN4O3. The Morgan fingerprint density at radius 2 is 1.75 bits per heavy atom. The van der Waals surface area contributed by atoms with Crippen LogP contribution in [0.3, 0.4) is 0 Å². The molecule has 2 aliphatic carbocycles. The molecule has 3 N–H and O–H groups in total. The zero-order valence-electron chi connectivity index (χ0n) is 24.5. The Hall–Kier alpha value is -2.38. The van der Waals surface area contributed by atoms with Gasteiger partial charge in [0.2, 0.25) is 17.7 Å². The van der Waals surface area contributed by atoms with E-state index >= 15 is 4.39 Å². The van der Waals surface area contributed by atoms with Gasteiger partial charge in [0.15, 0.2) is 0 Å². The van der Waals surface area contributed by atoms with Gasteiger partial charge in [0.25, 0.3) is 0 Å². The third-order valence-electron chi connectivity index (χ3n) is 10.3. The smallest absolute Gasteiger partial charge is 0.238 e. The summed E-state index contributed by atoms with van der Waals surface area (Å²) in [6.07, 6.45) is 2.43. The van der Waals surface area contributed by atoms with E-state index in [1.165, 1.54) is 12.1 Å². The van der Waals surface area contributed by atoms with Gasteiger partial charge >= 0.3 is 0 Å². The van der Waals surface area contributed by atoms with Crippen LogP contribution in [0, 0.1) is 20.7 Å². The number of anilines is 1. The fraction of sp³-hybridized carbons (Fsp3) is 0.531. The molecule has 7 nitrogen and oxygen atoms in total. The van der Waals surface area contributed by atoms with Crippen molar-refractivity contribution in [2.75, 3.05) is 32.8 Å². The lowest BCUT2D eigenvalue weighted by molar-refractivity contribution is -0.134. The van der Waals surface area contributed by atoms with Gasteiger partial charge in [-0.25, -0.2) is 4.39 Å². The van der Waals surface area contributed by atoms with Gasteiger partial charge in [-0.05, 0) is 103 Å². The molecule has 3 fully saturated rings. The van der Waals surface area contributed by atoms with Gasteiger partial charge in [0.1, 0.15) is 11.2 Å². The zero-order valence-corrected chi connectivity index (χ0v) is 27.4. The number of carbonyl (C=O) groups excluding carboxylic acids is 3. The molecule has 2 spiro atoms. The number of fused-ring (bicyclic) bond motifs is 3. The molecule has 4 aliphatic rings. The van der Waals surface area contributed by atoms with Gasteiger partial charge in [-0.15, -0.1) is 0 Å². The van der Waals surface area contributed by atoms with E-state index in [0.29, 0.717) is 51.1 Å². The van der Waals surface area contributed by atoms with Crippen molar-refractivity contribution in [1.29, 1.82) is 0 Å². The van der Waals surface area contributed by atoms with Crippen molar-refractivity contribution >= 4 is 57.6 Å². The number of nitrogens with one attached hydrogen (secondary N) is 3. The largest absolute Gasteiger partial charge is 0.352 e. The zero-order chi connectivity index (χ0) is 31.6. The molecule has 3 amide bonds. The van der Waals surface area contributed by atoms with Crippen LogP contribution in [0.15, 0.2) is 36.4 Å². The summed E-state index contributed by atoms with van der Waals surface area (Å²) in [4.78, 5) is 42.8. The Labute approximate surface area is 273 Å². The Morgan fingerprint density at radius 1 is 1.07 bits per heavy atom. The lowest BCUT2D eigenvalue weighted by Crippen LogP contribution is -2.70. The second-order valence-electron chi connectivity index (χ2n) is 13.2. The van der Waals surface area contributed by atoms with Gasteiger partial charge in [0, 0.05) is 57.2 Å². The molecule has 0 aromatic heterocycles. The van der Waals surface area contributed by atoms with Crippen molar-refractivity contribution in [1.82, 2.24) is 15.5 Å². The van der Waals surface area contributed by atoms with E-state index in [1.807, 2.05) is 22.6 Å². The predicted molar refractivity (Wildman–Crippen MR) is 169 cm³/mol. The van der Waals surface area contributed by atoms with Crippen molar-refractivity contribution in [3.8, 4) is 0 Å². The van der Waals surface area contributed by atoms with Gasteiger partial charge < -0.3 is 15.5 Å². The van der Waals surface area contributed by atoms with Gasteiger partial charge in [-0.3, -0.25) is 28.5 Å². The molecule has 2 heterocycles. The van der Waals surface area contributed by atoms with Crippen LogP contribution in [0.4, 0.5) is 18.9 Å². The van der Waals surface area contributed by atoms with Crippen molar-refractivity contribution < 1.29 is 27.6 Å². The minimum atomic E-state index is -1.48. The molecular weight excluding hydrogens is 708 g/mol. The van der Waals surface area contributed by atoms with E-state index in [2.05, 4.69) is 16.0 Å². The van der Waals surface area contributed by atoms with Crippen LogP contribution >= 0.6 is 34.2 Å². The molecule has 2 aromatic rings. The topological polar surface area (TPSA) is 90.5 Å². The SMILES string of the molecule is CN(C)C(=O)C1CCC(NC(=O)[C@@H]2NC3(CC(CF)(CF)C3)[C@@]3(C(=O)Nc4cc(Cl)ccc43)[C@H]2c2cc(F)cc(I)c2)CC1. The fourth-order valence-electron chi connectivity index (χ4n) is 8.52. The van der Waals surface area contributed by atoms with Gasteiger partial charge in [0.05, 0.1) is 19.4 Å². The minimum Gasteiger partial charge on any atom is -0.352 e. The predicted octanol–water partition coefficient (Wildman–Crippen LogP) is 5.25. The second-order valence-corrected chi connectivity index (χ2v) is 14.9. The molecule has 2 aromatic carbocycles. The summed E-state index contributed by atoms with van der Waals surface area (Å²) >= 11 is 8.30. The van der Waals surface area contributed by atoms with Gasteiger partial charge in [-0.2, -0.15) is 0 Å². The summed E-state index contributed by atoms with van der Waals surface area (Å²) in [6.45, 7) is -1.82. The monoisotopic (exact) mass is 742 g/mol. The van der Waals surface area contributed by atoms with Crippen LogP contribution < -0.4 is 16.0 Å². The maximum absolute atomic E-state index is 15.0. The first kappa shape index (κ1) is 31.6. The highest BCUT2D eigenvalue weighted by Crippen LogP contribution is 2.68. The van der Waals surface area contributed by atoms with Crippen molar-refractivity contribution in [3.05, 3.63) is 61.9 Å². The molecule has 12 heteroatoms. The number of benzene rings is 2. The van der Waals surface area contributed by atoms with Crippen molar-refractivity contribution in [3.63, 3.8) is 0 Å². The van der Waals surface area contributed by atoms with Crippen LogP contribution in [0.5, 0.6) is 0 Å². The van der Waals surface area contributed by atoms with E-state index in [-0.39, 0.29) is 36.6 Å². The Bertz CT molecular complexity index is 1490. The highest BCUT2D eigenvalue weighted by Gasteiger charge is 2.77. The fourth-order valence-corrected chi connectivity index (χ4v) is 9.35. The number of nitrogens with zero attached hydrogens (tertiary/aromatic N) is 1. The normalized spacial score (nSPS) is 29.7. The Balaban J connectivity index is 1.43. The summed E-state index contributed by atoms with van der Waals surface area (Å²) in [5.41, 5.74) is -2.49. The van der Waals surface area contributed by atoms with Crippen molar-refractivity contribution in [2.45, 2.75) is 67.5 Å². The molecule has 6 rings (SSSR count). The van der Waals surface area contributed by atoms with Crippen LogP contribution in [0.25, 0.3) is 0 Å². The second kappa shape index (κ2) is 11.5. The Morgan fingerprint density at radius 3 is 2.36 bits per heavy atom. The average Bonchev–Trinajstić information content (AvgIpc) is 3.43. The number of carbonyl (C=O) groups is 3. The number of halogens is 5. The van der Waals surface area contributed by atoms with E-state index in [1.54, 1.807) is 43.3 Å². The molecule has 0 bridgehead atoms. The standard InChI is InChI=1S/C32H35ClF3IN4O3/c1-41(2)28(43)17-3-6-22(7-4-17)38-27(42)26-25(18-9-20(36)12-21(37)10-18)32(31(40-26)13-30(14-31,15-34)16-35)23-8-5-19(33)11-24(23)39-29(32)44/h5,8-12,17,22,25-26,40H,3-4,6-7,13-16H2,1-2H3,(H,38,42)(H,39,44)/t17?,22?,25-,26+,32+/m0/s1. The minimum absolute atomic E-state index is 0.0209. The summed E-state index contributed by atoms with van der Waals surface area (Å²) in [6, 6.07) is 8.25. The quantitative estimate of drug-likeness (QED) is 0.353. The first-order valence-corrected chi connectivity index (χ1v) is 16.3. The van der Waals surface area contributed by atoms with E-state index in [4.69, 9.17) is 11.6 Å². The van der Waals surface area contributed by atoms with E-state index < -0.39 is 53.4 Å². The Kier molecular flexibility index (Phi) is 8.22. The first-order chi connectivity index (χ1) is 20.9. The molecule has 2 aliphatic heterocycles. The van der Waals surface area contributed by atoms with Crippen molar-refractivity contribution in [2.24, 2.45) is 11.3 Å². The number of hydrogen-bond donors (Lipinski definition) is 3. The molecule has 1 saturated heterocycles. The van der Waals surface area contributed by atoms with Crippen LogP contribution in [0.1, 0.15) is 55.6 Å². The van der Waals surface area contributed by atoms with Crippen LogP contribution in [0.2, 0.25) is 5.02 Å². The summed E-state index contributed by atoms with van der Waals surface area (Å²) < 4.78 is 44.3. The lowest BCUT2D eigenvalue weighted by Gasteiger charge is -2.59. The average molecular weight is 743 g/mol. The number of hydrogen-bond acceptors (Lipinski definition) is 4. The lowest BCUT2D eigenvalue weighted by atomic mass is 9.46.